The summed E-state index contributed by atoms with van der Waals surface area (Å²) in [7, 11) is 0. The van der Waals surface area contributed by atoms with Crippen LogP contribution in [0.2, 0.25) is 0 Å². The SMILES string of the molecule is FC(F)(F)Oc1ccc(-c2ccc(OCc3ccccc3)cc2)cc1OCC1CCNCC1. The summed E-state index contributed by atoms with van der Waals surface area (Å²) < 4.78 is 54.5. The predicted molar refractivity (Wildman–Crippen MR) is 120 cm³/mol. The van der Waals surface area contributed by atoms with Crippen molar-refractivity contribution < 1.29 is 27.4 Å². The molecule has 1 aliphatic rings. The number of hydrogen-bond donors (Lipinski definition) is 1. The van der Waals surface area contributed by atoms with Crippen molar-refractivity contribution in [1.29, 1.82) is 0 Å². The molecular weight excluding hydrogens is 431 g/mol. The van der Waals surface area contributed by atoms with E-state index in [0.717, 1.165) is 42.6 Å². The van der Waals surface area contributed by atoms with E-state index in [2.05, 4.69) is 10.1 Å². The first-order chi connectivity index (χ1) is 16.0. The zero-order chi connectivity index (χ0) is 23.1. The summed E-state index contributed by atoms with van der Waals surface area (Å²) >= 11 is 0. The predicted octanol–water partition coefficient (Wildman–Crippen LogP) is 6.21. The lowest BCUT2D eigenvalue weighted by molar-refractivity contribution is -0.275. The zero-order valence-corrected chi connectivity index (χ0v) is 18.1. The number of rotatable bonds is 8. The molecule has 1 aliphatic heterocycles. The lowest BCUT2D eigenvalue weighted by Crippen LogP contribution is -2.30. The third kappa shape index (κ3) is 6.89. The Morgan fingerprint density at radius 2 is 1.48 bits per heavy atom. The van der Waals surface area contributed by atoms with E-state index >= 15 is 0 Å². The van der Waals surface area contributed by atoms with Crippen LogP contribution in [0.5, 0.6) is 17.2 Å². The zero-order valence-electron chi connectivity index (χ0n) is 18.1. The molecule has 0 spiro atoms. The molecular formula is C26H26F3NO3. The van der Waals surface area contributed by atoms with E-state index in [1.807, 2.05) is 54.6 Å². The molecule has 4 rings (SSSR count). The highest BCUT2D eigenvalue weighted by atomic mass is 19.4. The third-order valence-electron chi connectivity index (χ3n) is 5.54. The van der Waals surface area contributed by atoms with E-state index in [1.54, 1.807) is 12.1 Å². The van der Waals surface area contributed by atoms with Gasteiger partial charge in [0.25, 0.3) is 0 Å². The van der Waals surface area contributed by atoms with Crippen molar-refractivity contribution in [2.45, 2.75) is 25.8 Å². The van der Waals surface area contributed by atoms with Crippen molar-refractivity contribution in [3.05, 3.63) is 78.4 Å². The third-order valence-corrected chi connectivity index (χ3v) is 5.54. The Balaban J connectivity index is 1.47. The van der Waals surface area contributed by atoms with E-state index in [1.165, 1.54) is 6.07 Å². The van der Waals surface area contributed by atoms with Crippen molar-refractivity contribution in [3.63, 3.8) is 0 Å². The fourth-order valence-corrected chi connectivity index (χ4v) is 3.75. The molecule has 0 atom stereocenters. The summed E-state index contributed by atoms with van der Waals surface area (Å²) in [6.07, 6.45) is -2.93. The second kappa shape index (κ2) is 10.6. The molecule has 0 aromatic heterocycles. The lowest BCUT2D eigenvalue weighted by Gasteiger charge is -2.23. The van der Waals surface area contributed by atoms with Crippen LogP contribution in [0.1, 0.15) is 18.4 Å². The Hall–Kier alpha value is -3.19. The quantitative estimate of drug-likeness (QED) is 0.437. The highest BCUT2D eigenvalue weighted by Crippen LogP contribution is 2.37. The molecule has 0 bridgehead atoms. The maximum absolute atomic E-state index is 12.9. The van der Waals surface area contributed by atoms with Gasteiger partial charge in [-0.15, -0.1) is 13.2 Å². The van der Waals surface area contributed by atoms with Crippen LogP contribution < -0.4 is 19.5 Å². The second-order valence-electron chi connectivity index (χ2n) is 8.01. The van der Waals surface area contributed by atoms with E-state index in [0.29, 0.717) is 24.9 Å². The maximum Gasteiger partial charge on any atom is 0.573 e. The molecule has 7 heteroatoms. The van der Waals surface area contributed by atoms with Crippen molar-refractivity contribution in [2.24, 2.45) is 5.92 Å². The van der Waals surface area contributed by atoms with E-state index in [9.17, 15) is 13.2 Å². The van der Waals surface area contributed by atoms with Crippen LogP contribution in [0.15, 0.2) is 72.8 Å². The van der Waals surface area contributed by atoms with Crippen LogP contribution >= 0.6 is 0 Å². The average Bonchev–Trinajstić information content (AvgIpc) is 2.83. The summed E-state index contributed by atoms with van der Waals surface area (Å²) in [4.78, 5) is 0. The van der Waals surface area contributed by atoms with Crippen molar-refractivity contribution in [3.8, 4) is 28.4 Å². The second-order valence-corrected chi connectivity index (χ2v) is 8.01. The molecule has 0 aliphatic carbocycles. The van der Waals surface area contributed by atoms with Crippen molar-refractivity contribution >= 4 is 0 Å². The Morgan fingerprint density at radius 1 is 0.788 bits per heavy atom. The number of hydrogen-bond acceptors (Lipinski definition) is 4. The molecule has 1 N–H and O–H groups in total. The average molecular weight is 457 g/mol. The number of ether oxygens (including phenoxy) is 3. The van der Waals surface area contributed by atoms with E-state index < -0.39 is 6.36 Å². The van der Waals surface area contributed by atoms with Crippen LogP contribution in [0, 0.1) is 5.92 Å². The minimum absolute atomic E-state index is 0.0905. The van der Waals surface area contributed by atoms with Crippen LogP contribution in [-0.4, -0.2) is 26.1 Å². The van der Waals surface area contributed by atoms with Gasteiger partial charge in [0.15, 0.2) is 11.5 Å². The van der Waals surface area contributed by atoms with Gasteiger partial charge in [-0.05, 0) is 72.8 Å². The Morgan fingerprint density at radius 3 is 2.18 bits per heavy atom. The van der Waals surface area contributed by atoms with Gasteiger partial charge in [-0.3, -0.25) is 0 Å². The van der Waals surface area contributed by atoms with E-state index in [4.69, 9.17) is 9.47 Å². The number of benzene rings is 3. The van der Waals surface area contributed by atoms with Crippen LogP contribution in [0.25, 0.3) is 11.1 Å². The van der Waals surface area contributed by atoms with E-state index in [-0.39, 0.29) is 11.5 Å². The highest BCUT2D eigenvalue weighted by molar-refractivity contribution is 5.67. The molecule has 4 nitrogen and oxygen atoms in total. The molecule has 3 aromatic carbocycles. The molecule has 1 fully saturated rings. The van der Waals surface area contributed by atoms with Crippen LogP contribution in [-0.2, 0) is 6.61 Å². The van der Waals surface area contributed by atoms with Gasteiger partial charge in [0.2, 0.25) is 0 Å². The summed E-state index contributed by atoms with van der Waals surface area (Å²) in [5.74, 6) is 0.771. The largest absolute Gasteiger partial charge is 0.573 e. The first-order valence-corrected chi connectivity index (χ1v) is 11.0. The van der Waals surface area contributed by atoms with Gasteiger partial charge >= 0.3 is 6.36 Å². The van der Waals surface area contributed by atoms with Gasteiger partial charge in [-0.25, -0.2) is 0 Å². The summed E-state index contributed by atoms with van der Waals surface area (Å²) in [6, 6.07) is 21.8. The smallest absolute Gasteiger partial charge is 0.489 e. The monoisotopic (exact) mass is 457 g/mol. The van der Waals surface area contributed by atoms with Crippen molar-refractivity contribution in [1.82, 2.24) is 5.32 Å². The van der Waals surface area contributed by atoms with Gasteiger partial charge in [0, 0.05) is 0 Å². The molecule has 174 valence electrons. The number of alkyl halides is 3. The first kappa shape index (κ1) is 23.0. The minimum Gasteiger partial charge on any atom is -0.489 e. The summed E-state index contributed by atoms with van der Waals surface area (Å²) in [6.45, 7) is 2.58. The molecule has 3 aromatic rings. The molecule has 0 saturated carbocycles. The molecule has 0 unspecified atom stereocenters. The van der Waals surface area contributed by atoms with Gasteiger partial charge in [0.1, 0.15) is 12.4 Å². The fourth-order valence-electron chi connectivity index (χ4n) is 3.75. The summed E-state index contributed by atoms with van der Waals surface area (Å²) in [5.41, 5.74) is 2.64. The maximum atomic E-state index is 12.9. The molecule has 0 amide bonds. The van der Waals surface area contributed by atoms with Crippen molar-refractivity contribution in [2.75, 3.05) is 19.7 Å². The van der Waals surface area contributed by atoms with Crippen LogP contribution in [0.4, 0.5) is 13.2 Å². The fraction of sp³-hybridized carbons (Fsp3) is 0.308. The number of halogens is 3. The molecule has 33 heavy (non-hydrogen) atoms. The summed E-state index contributed by atoms with van der Waals surface area (Å²) in [5, 5.41) is 3.27. The lowest BCUT2D eigenvalue weighted by atomic mass is 9.99. The normalized spacial score (nSPS) is 14.6. The molecule has 0 radical (unpaired) electrons. The topological polar surface area (TPSA) is 39.7 Å². The number of nitrogens with one attached hydrogen (secondary N) is 1. The van der Waals surface area contributed by atoms with Crippen LogP contribution in [0.3, 0.4) is 0 Å². The first-order valence-electron chi connectivity index (χ1n) is 11.0. The molecule has 1 heterocycles. The highest BCUT2D eigenvalue weighted by Gasteiger charge is 2.32. The minimum atomic E-state index is -4.79. The Kier molecular flexibility index (Phi) is 7.40. The Labute approximate surface area is 191 Å². The van der Waals surface area contributed by atoms with Gasteiger partial charge in [-0.1, -0.05) is 48.5 Å². The Bertz CT molecular complexity index is 1020. The number of piperidine rings is 1. The standard InChI is InChI=1S/C26H26F3NO3/c27-26(28,29)33-24-11-8-22(16-25(24)32-18-20-12-14-30-15-13-20)21-6-9-23(10-7-21)31-17-19-4-2-1-3-5-19/h1-11,16,20,30H,12-15,17-18H2. The van der Waals surface area contributed by atoms with Gasteiger partial charge in [-0.2, -0.15) is 0 Å². The molecule has 1 saturated heterocycles. The van der Waals surface area contributed by atoms with Gasteiger partial charge in [0.05, 0.1) is 6.61 Å². The van der Waals surface area contributed by atoms with Gasteiger partial charge < -0.3 is 19.5 Å².